The minimum atomic E-state index is -0.569. The van der Waals surface area contributed by atoms with Gasteiger partial charge in [-0.1, -0.05) is 0 Å². The summed E-state index contributed by atoms with van der Waals surface area (Å²) in [7, 11) is 0. The largest absolute Gasteiger partial charge is 0.367 e. The van der Waals surface area contributed by atoms with Gasteiger partial charge in [0.25, 0.3) is 5.69 Å². The van der Waals surface area contributed by atoms with Crippen LogP contribution in [0.2, 0.25) is 0 Å². The molecule has 15 heavy (non-hydrogen) atoms. The Morgan fingerprint density at radius 1 is 1.47 bits per heavy atom. The number of anilines is 1. The van der Waals surface area contributed by atoms with Crippen LogP contribution in [0.5, 0.6) is 0 Å². The van der Waals surface area contributed by atoms with E-state index in [1.165, 1.54) is 18.2 Å². The Labute approximate surface area is 85.5 Å². The first-order valence-electron chi connectivity index (χ1n) is 3.98. The van der Waals surface area contributed by atoms with Gasteiger partial charge in [-0.25, -0.2) is 0 Å². The van der Waals surface area contributed by atoms with E-state index in [4.69, 9.17) is 10.5 Å². The van der Waals surface area contributed by atoms with Crippen molar-refractivity contribution in [3.8, 4) is 12.1 Å². The molecule has 0 aliphatic rings. The molecule has 1 N–H and O–H groups in total. The Kier molecular flexibility index (Phi) is 3.20. The van der Waals surface area contributed by atoms with E-state index in [9.17, 15) is 10.1 Å². The molecule has 1 aromatic rings. The van der Waals surface area contributed by atoms with Crippen molar-refractivity contribution < 1.29 is 4.92 Å². The van der Waals surface area contributed by atoms with Crippen molar-refractivity contribution in [1.82, 2.24) is 0 Å². The SMILES string of the molecule is N#CCNc1cc(C#N)ccc1[N+](=O)[O-]. The van der Waals surface area contributed by atoms with Crippen LogP contribution in [0, 0.1) is 32.8 Å². The number of hydrogen-bond acceptors (Lipinski definition) is 5. The van der Waals surface area contributed by atoms with E-state index in [-0.39, 0.29) is 17.9 Å². The third kappa shape index (κ3) is 2.42. The molecule has 74 valence electrons. The Hall–Kier alpha value is -2.60. The molecule has 0 bridgehead atoms. The molecule has 0 radical (unpaired) electrons. The molecule has 1 aromatic carbocycles. The lowest BCUT2D eigenvalue weighted by Crippen LogP contribution is -2.02. The summed E-state index contributed by atoms with van der Waals surface area (Å²) in [5, 5.41) is 30.1. The summed E-state index contributed by atoms with van der Waals surface area (Å²) in [5.41, 5.74) is 0.339. The van der Waals surface area contributed by atoms with E-state index in [1.54, 1.807) is 6.07 Å². The van der Waals surface area contributed by atoms with Crippen LogP contribution in [0.15, 0.2) is 18.2 Å². The van der Waals surface area contributed by atoms with Gasteiger partial charge in [0.05, 0.1) is 22.6 Å². The van der Waals surface area contributed by atoms with Crippen LogP contribution in [0.25, 0.3) is 0 Å². The second-order valence-corrected chi connectivity index (χ2v) is 2.61. The predicted molar refractivity (Wildman–Crippen MR) is 51.9 cm³/mol. The summed E-state index contributed by atoms with van der Waals surface area (Å²) in [4.78, 5) is 10.0. The van der Waals surface area contributed by atoms with E-state index in [1.807, 2.05) is 6.07 Å². The van der Waals surface area contributed by atoms with Crippen LogP contribution in [0.4, 0.5) is 11.4 Å². The maximum Gasteiger partial charge on any atom is 0.292 e. The third-order valence-corrected chi connectivity index (χ3v) is 1.68. The Bertz CT molecular complexity index is 470. The van der Waals surface area contributed by atoms with E-state index in [0.717, 1.165) is 0 Å². The van der Waals surface area contributed by atoms with Crippen molar-refractivity contribution in [1.29, 1.82) is 10.5 Å². The van der Waals surface area contributed by atoms with Crippen LogP contribution in [-0.4, -0.2) is 11.5 Å². The van der Waals surface area contributed by atoms with Crippen molar-refractivity contribution in [2.75, 3.05) is 11.9 Å². The fourth-order valence-electron chi connectivity index (χ4n) is 1.04. The van der Waals surface area contributed by atoms with E-state index in [0.29, 0.717) is 5.56 Å². The average molecular weight is 202 g/mol. The molecule has 0 aromatic heterocycles. The molecule has 0 heterocycles. The molecule has 0 fully saturated rings. The summed E-state index contributed by atoms with van der Waals surface area (Å²) in [6.45, 7) is -0.0459. The highest BCUT2D eigenvalue weighted by Gasteiger charge is 2.13. The monoisotopic (exact) mass is 202 g/mol. The molecule has 6 nitrogen and oxygen atoms in total. The minimum Gasteiger partial charge on any atom is -0.367 e. The smallest absolute Gasteiger partial charge is 0.292 e. The van der Waals surface area contributed by atoms with Gasteiger partial charge < -0.3 is 5.32 Å². The number of nitrogens with one attached hydrogen (secondary N) is 1. The van der Waals surface area contributed by atoms with Crippen LogP contribution >= 0.6 is 0 Å². The van der Waals surface area contributed by atoms with Gasteiger partial charge in [0.15, 0.2) is 0 Å². The highest BCUT2D eigenvalue weighted by atomic mass is 16.6. The summed E-state index contributed by atoms with van der Waals surface area (Å²) in [5.74, 6) is 0. The zero-order chi connectivity index (χ0) is 11.3. The lowest BCUT2D eigenvalue weighted by molar-refractivity contribution is -0.384. The topological polar surface area (TPSA) is 103 Å². The molecule has 0 aliphatic heterocycles. The molecule has 0 unspecified atom stereocenters. The van der Waals surface area contributed by atoms with Gasteiger partial charge in [-0.3, -0.25) is 10.1 Å². The predicted octanol–water partition coefficient (Wildman–Crippen LogP) is 1.40. The first-order chi connectivity index (χ1) is 7.19. The molecule has 0 amide bonds. The van der Waals surface area contributed by atoms with Gasteiger partial charge in [-0.15, -0.1) is 0 Å². The number of nitriles is 2. The highest BCUT2D eigenvalue weighted by Crippen LogP contribution is 2.24. The van der Waals surface area contributed by atoms with Crippen molar-refractivity contribution in [2.45, 2.75) is 0 Å². The number of nitro benzene ring substituents is 1. The quantitative estimate of drug-likeness (QED) is 0.453. The zero-order valence-electron chi connectivity index (χ0n) is 7.60. The fourth-order valence-corrected chi connectivity index (χ4v) is 1.04. The minimum absolute atomic E-state index is 0.0459. The molecule has 1 rings (SSSR count). The number of nitrogens with zero attached hydrogens (tertiary/aromatic N) is 3. The van der Waals surface area contributed by atoms with Crippen molar-refractivity contribution in [2.24, 2.45) is 0 Å². The van der Waals surface area contributed by atoms with E-state index in [2.05, 4.69) is 5.32 Å². The molecular weight excluding hydrogens is 196 g/mol. The fraction of sp³-hybridized carbons (Fsp3) is 0.111. The number of hydrogen-bond donors (Lipinski definition) is 1. The van der Waals surface area contributed by atoms with Crippen molar-refractivity contribution in [3.05, 3.63) is 33.9 Å². The highest BCUT2D eigenvalue weighted by molar-refractivity contribution is 5.64. The number of rotatable bonds is 3. The molecule has 0 atom stereocenters. The van der Waals surface area contributed by atoms with Gasteiger partial charge in [0, 0.05) is 6.07 Å². The first kappa shape index (κ1) is 10.5. The maximum absolute atomic E-state index is 10.6. The van der Waals surface area contributed by atoms with E-state index < -0.39 is 4.92 Å². The van der Waals surface area contributed by atoms with Gasteiger partial charge >= 0.3 is 0 Å². The third-order valence-electron chi connectivity index (χ3n) is 1.68. The molecule has 0 saturated carbocycles. The molecule has 0 saturated heterocycles. The molecule has 0 spiro atoms. The second kappa shape index (κ2) is 4.58. The summed E-state index contributed by atoms with van der Waals surface area (Å²) in [6.07, 6.45) is 0. The molecule has 0 aliphatic carbocycles. The Balaban J connectivity index is 3.13. The van der Waals surface area contributed by atoms with Gasteiger partial charge in [-0.2, -0.15) is 10.5 Å². The van der Waals surface area contributed by atoms with Gasteiger partial charge in [-0.05, 0) is 12.1 Å². The van der Waals surface area contributed by atoms with Crippen molar-refractivity contribution in [3.63, 3.8) is 0 Å². The molecule has 6 heteroatoms. The first-order valence-corrected chi connectivity index (χ1v) is 3.98. The summed E-state index contributed by atoms with van der Waals surface area (Å²) >= 11 is 0. The van der Waals surface area contributed by atoms with Crippen molar-refractivity contribution >= 4 is 11.4 Å². The second-order valence-electron chi connectivity index (χ2n) is 2.61. The summed E-state index contributed by atoms with van der Waals surface area (Å²) < 4.78 is 0. The normalized spacial score (nSPS) is 8.67. The summed E-state index contributed by atoms with van der Waals surface area (Å²) in [6, 6.07) is 7.60. The average Bonchev–Trinajstić information content (AvgIpc) is 2.25. The Morgan fingerprint density at radius 3 is 2.73 bits per heavy atom. The number of nitro groups is 1. The van der Waals surface area contributed by atoms with Crippen LogP contribution in [0.1, 0.15) is 5.56 Å². The maximum atomic E-state index is 10.6. The van der Waals surface area contributed by atoms with Crippen LogP contribution < -0.4 is 5.32 Å². The van der Waals surface area contributed by atoms with Crippen LogP contribution in [0.3, 0.4) is 0 Å². The van der Waals surface area contributed by atoms with Gasteiger partial charge in [0.1, 0.15) is 12.2 Å². The number of benzene rings is 1. The van der Waals surface area contributed by atoms with E-state index >= 15 is 0 Å². The standard InChI is InChI=1S/C9H6N4O2/c10-3-4-12-8-5-7(6-11)1-2-9(8)13(14)15/h1-2,5,12H,4H2. The Morgan fingerprint density at radius 2 is 2.20 bits per heavy atom. The molecular formula is C9H6N4O2. The lowest BCUT2D eigenvalue weighted by Gasteiger charge is -2.02. The lowest BCUT2D eigenvalue weighted by atomic mass is 10.2. The zero-order valence-corrected chi connectivity index (χ0v) is 7.60. The van der Waals surface area contributed by atoms with Crippen LogP contribution in [-0.2, 0) is 0 Å². The van der Waals surface area contributed by atoms with Gasteiger partial charge in [0.2, 0.25) is 0 Å².